The van der Waals surface area contributed by atoms with Gasteiger partial charge in [0, 0.05) is 33.5 Å². The molecule has 11 aromatic carbocycles. The van der Waals surface area contributed by atoms with Gasteiger partial charge in [-0.1, -0.05) is 206 Å². The number of hydrogen-bond acceptors (Lipinski definition) is 2. The summed E-state index contributed by atoms with van der Waals surface area (Å²) in [4.78, 5) is 4.89. The van der Waals surface area contributed by atoms with E-state index in [2.05, 4.69) is 277 Å². The number of benzene rings is 11. The van der Waals surface area contributed by atoms with Crippen LogP contribution in [0.5, 0.6) is 0 Å². The van der Waals surface area contributed by atoms with E-state index in [4.69, 9.17) is 0 Å². The second kappa shape index (κ2) is 18.7. The topological polar surface area (TPSA) is 6.48 Å². The minimum Gasteiger partial charge on any atom is -0.310 e. The Morgan fingerprint density at radius 1 is 0.278 bits per heavy atom. The average molecular weight is 921 g/mol. The highest BCUT2D eigenvalue weighted by Crippen LogP contribution is 2.50. The van der Waals surface area contributed by atoms with Crippen molar-refractivity contribution in [1.29, 1.82) is 0 Å². The molecule has 72 heavy (non-hydrogen) atoms. The molecule has 0 spiro atoms. The average Bonchev–Trinajstić information content (AvgIpc) is 3.46. The zero-order valence-corrected chi connectivity index (χ0v) is 40.1. The molecular weight excluding hydrogens is 869 g/mol. The first kappa shape index (κ1) is 43.1. The van der Waals surface area contributed by atoms with Crippen molar-refractivity contribution < 1.29 is 0 Å². The summed E-state index contributed by atoms with van der Waals surface area (Å²) in [5.41, 5.74) is 17.1. The maximum Gasteiger partial charge on any atom is 0.0540 e. The predicted octanol–water partition coefficient (Wildman–Crippen LogP) is 20.0. The smallest absolute Gasteiger partial charge is 0.0540 e. The van der Waals surface area contributed by atoms with Gasteiger partial charge < -0.3 is 9.80 Å². The number of para-hydroxylation sites is 2. The third-order valence-corrected chi connectivity index (χ3v) is 14.8. The van der Waals surface area contributed by atoms with Crippen molar-refractivity contribution >= 4 is 82.8 Å². The van der Waals surface area contributed by atoms with E-state index < -0.39 is 0 Å². The van der Waals surface area contributed by atoms with Gasteiger partial charge in [-0.15, -0.1) is 0 Å². The number of fused-ring (bicyclic) bond motifs is 4. The van der Waals surface area contributed by atoms with Crippen LogP contribution >= 0.6 is 0 Å². The molecule has 0 saturated heterocycles. The van der Waals surface area contributed by atoms with Gasteiger partial charge in [0.2, 0.25) is 0 Å². The fourth-order valence-electron chi connectivity index (χ4n) is 11.4. The molecule has 13 rings (SSSR count). The Morgan fingerprint density at radius 2 is 0.736 bits per heavy atom. The highest BCUT2D eigenvalue weighted by molar-refractivity contribution is 6.20. The molecule has 0 unspecified atom stereocenters. The maximum absolute atomic E-state index is 2.48. The lowest BCUT2D eigenvalue weighted by atomic mass is 9.81. The Hall–Kier alpha value is -8.98. The van der Waals surface area contributed by atoms with Gasteiger partial charge >= 0.3 is 0 Å². The molecule has 0 amide bonds. The molecule has 0 saturated carbocycles. The van der Waals surface area contributed by atoms with Crippen LogP contribution in [0.4, 0.5) is 34.1 Å². The second-order valence-electron chi connectivity index (χ2n) is 19.0. The van der Waals surface area contributed by atoms with Gasteiger partial charge in [-0.25, -0.2) is 0 Å². The number of allylic oxidation sites excluding steroid dienone is 8. The maximum atomic E-state index is 2.48. The van der Waals surface area contributed by atoms with Crippen molar-refractivity contribution in [3.05, 3.63) is 284 Å². The van der Waals surface area contributed by atoms with Crippen molar-refractivity contribution in [2.24, 2.45) is 0 Å². The monoisotopic (exact) mass is 920 g/mol. The van der Waals surface area contributed by atoms with Crippen LogP contribution in [0.2, 0.25) is 0 Å². The van der Waals surface area contributed by atoms with Gasteiger partial charge in [0.15, 0.2) is 0 Å². The molecule has 0 aromatic heterocycles. The SMILES string of the molecule is C1=CCCC(C2=CC=C(c3c4cc(N(c5ccccc5)c5cccc6ccccc56)ccc4c(-c4ccc(-c5ccccc5)cc4)c4cc(N(c5ccccc5)c5cccc6ccccc56)ccc34)CC2)=C1. The fraction of sp³-hybridized carbons (Fsp3) is 0.0571. The van der Waals surface area contributed by atoms with E-state index in [1.807, 2.05) is 0 Å². The molecule has 0 radical (unpaired) electrons. The third-order valence-electron chi connectivity index (χ3n) is 14.8. The number of nitrogens with zero attached hydrogens (tertiary/aromatic N) is 2. The molecule has 0 atom stereocenters. The lowest BCUT2D eigenvalue weighted by molar-refractivity contribution is 0.906. The second-order valence-corrected chi connectivity index (χ2v) is 19.0. The molecule has 0 bridgehead atoms. The van der Waals surface area contributed by atoms with Crippen LogP contribution in [0.15, 0.2) is 278 Å². The molecule has 0 heterocycles. The highest BCUT2D eigenvalue weighted by atomic mass is 15.1. The van der Waals surface area contributed by atoms with Crippen LogP contribution in [-0.2, 0) is 0 Å². The van der Waals surface area contributed by atoms with Crippen molar-refractivity contribution in [1.82, 2.24) is 0 Å². The van der Waals surface area contributed by atoms with Crippen molar-refractivity contribution in [3.8, 4) is 22.3 Å². The van der Waals surface area contributed by atoms with E-state index in [1.165, 1.54) is 87.6 Å². The summed E-state index contributed by atoms with van der Waals surface area (Å²) in [6.07, 6.45) is 15.8. The Labute approximate surface area is 422 Å². The molecule has 11 aromatic rings. The van der Waals surface area contributed by atoms with E-state index in [0.29, 0.717) is 0 Å². The van der Waals surface area contributed by atoms with Crippen LogP contribution in [0, 0.1) is 0 Å². The van der Waals surface area contributed by atoms with Crippen molar-refractivity contribution in [2.45, 2.75) is 25.7 Å². The summed E-state index contributed by atoms with van der Waals surface area (Å²) in [5, 5.41) is 9.79. The summed E-state index contributed by atoms with van der Waals surface area (Å²) in [7, 11) is 0. The van der Waals surface area contributed by atoms with E-state index in [0.717, 1.165) is 59.8 Å². The minimum atomic E-state index is 0.950. The molecule has 2 nitrogen and oxygen atoms in total. The van der Waals surface area contributed by atoms with Crippen LogP contribution in [-0.4, -0.2) is 0 Å². The summed E-state index contributed by atoms with van der Waals surface area (Å²) in [5.74, 6) is 0. The van der Waals surface area contributed by atoms with Crippen LogP contribution in [0.25, 0.3) is 70.9 Å². The largest absolute Gasteiger partial charge is 0.310 e. The summed E-state index contributed by atoms with van der Waals surface area (Å²) in [6, 6.07) is 87.0. The fourth-order valence-corrected chi connectivity index (χ4v) is 11.4. The molecule has 2 heteroatoms. The van der Waals surface area contributed by atoms with E-state index in [9.17, 15) is 0 Å². The standard InChI is InChI=1S/C70H52N2/c1-5-19-49(20-6-1)51-35-39-55(40-36-51)69-63-45-43-60(72(58-29-11-4-12-30-58)68-34-18-26-54-24-14-16-32-62(54)68)48-66(63)70(56-41-37-52(38-42-56)50-21-7-2-8-22-50)64-46-44-59(47-65(64)69)71(57-27-9-3-10-28-57)67-33-17-25-53-23-13-15-31-61(53)67/h1-7,9-21,23-37,39-41,43-48H,8,22,38,42H2. The van der Waals surface area contributed by atoms with Crippen molar-refractivity contribution in [2.75, 3.05) is 9.80 Å². The number of rotatable bonds is 10. The molecular formula is C70H52N2. The first-order valence-electron chi connectivity index (χ1n) is 25.3. The Morgan fingerprint density at radius 3 is 1.29 bits per heavy atom. The summed E-state index contributed by atoms with van der Waals surface area (Å²) >= 11 is 0. The van der Waals surface area contributed by atoms with Gasteiger partial charge in [-0.05, 0) is 163 Å². The predicted molar refractivity (Wildman–Crippen MR) is 308 cm³/mol. The van der Waals surface area contributed by atoms with Gasteiger partial charge in [-0.2, -0.15) is 0 Å². The van der Waals surface area contributed by atoms with Crippen LogP contribution in [0.3, 0.4) is 0 Å². The number of hydrogen-bond donors (Lipinski definition) is 0. The summed E-state index contributed by atoms with van der Waals surface area (Å²) < 4.78 is 0. The van der Waals surface area contributed by atoms with Gasteiger partial charge in [0.05, 0.1) is 11.4 Å². The molecule has 2 aliphatic rings. The van der Waals surface area contributed by atoms with E-state index >= 15 is 0 Å². The van der Waals surface area contributed by atoms with Crippen LogP contribution in [0.1, 0.15) is 31.2 Å². The molecule has 0 fully saturated rings. The molecule has 0 N–H and O–H groups in total. The third kappa shape index (κ3) is 7.88. The molecule has 0 aliphatic heterocycles. The van der Waals surface area contributed by atoms with E-state index in [-0.39, 0.29) is 0 Å². The van der Waals surface area contributed by atoms with Gasteiger partial charge in [0.25, 0.3) is 0 Å². The Balaban J connectivity index is 1.11. The lowest BCUT2D eigenvalue weighted by Crippen LogP contribution is -2.11. The van der Waals surface area contributed by atoms with Crippen molar-refractivity contribution in [3.63, 3.8) is 0 Å². The first-order valence-corrected chi connectivity index (χ1v) is 25.3. The van der Waals surface area contributed by atoms with Gasteiger partial charge in [-0.3, -0.25) is 0 Å². The first-order chi connectivity index (χ1) is 35.7. The van der Waals surface area contributed by atoms with Gasteiger partial charge in [0.1, 0.15) is 0 Å². The molecule has 2 aliphatic carbocycles. The quantitative estimate of drug-likeness (QED) is 0.126. The highest BCUT2D eigenvalue weighted by Gasteiger charge is 2.25. The Bertz CT molecular complexity index is 3940. The zero-order valence-electron chi connectivity index (χ0n) is 40.1. The summed E-state index contributed by atoms with van der Waals surface area (Å²) in [6.45, 7) is 0. The zero-order chi connectivity index (χ0) is 47.8. The Kier molecular flexibility index (Phi) is 11.2. The number of anilines is 6. The van der Waals surface area contributed by atoms with E-state index in [1.54, 1.807) is 0 Å². The normalized spacial score (nSPS) is 13.5. The minimum absolute atomic E-state index is 0.950. The lowest BCUT2D eigenvalue weighted by Gasteiger charge is -2.29. The molecule has 342 valence electrons. The van der Waals surface area contributed by atoms with Crippen LogP contribution < -0.4 is 9.80 Å².